The molecule has 3 rings (SSSR count). The molecule has 0 fully saturated rings. The molecule has 0 saturated carbocycles. The molecule has 0 spiro atoms. The third-order valence-corrected chi connectivity index (χ3v) is 2.86. The zero-order valence-electron chi connectivity index (χ0n) is 10.6. The van der Waals surface area contributed by atoms with Gasteiger partial charge in [0.25, 0.3) is 11.5 Å². The molecule has 0 radical (unpaired) electrons. The number of H-pyrrole nitrogens is 1. The first kappa shape index (κ1) is 12.1. The molecule has 3 heterocycles. The van der Waals surface area contributed by atoms with Gasteiger partial charge in [-0.15, -0.1) is 10.2 Å². The summed E-state index contributed by atoms with van der Waals surface area (Å²) in [6.45, 7) is 1.77. The minimum atomic E-state index is -0.366. The van der Waals surface area contributed by atoms with Gasteiger partial charge in [-0.2, -0.15) is 0 Å². The maximum absolute atomic E-state index is 12.1. The molecule has 1 amide bonds. The summed E-state index contributed by atoms with van der Waals surface area (Å²) in [5.74, 6) is -0.366. The Bertz CT molecular complexity index is 849. The second-order valence-electron chi connectivity index (χ2n) is 4.35. The van der Waals surface area contributed by atoms with Crippen LogP contribution >= 0.6 is 0 Å². The number of aromatic nitrogens is 4. The number of amides is 1. The van der Waals surface area contributed by atoms with E-state index in [1.165, 1.54) is 6.33 Å². The Hall–Kier alpha value is -2.96. The Kier molecular flexibility index (Phi) is 2.79. The summed E-state index contributed by atoms with van der Waals surface area (Å²) in [4.78, 5) is 26.4. The number of fused-ring (bicyclic) bond motifs is 1. The highest BCUT2D eigenvalue weighted by Crippen LogP contribution is 2.07. The van der Waals surface area contributed by atoms with Gasteiger partial charge in [0.2, 0.25) is 0 Å². The first-order valence-corrected chi connectivity index (χ1v) is 5.94. The van der Waals surface area contributed by atoms with E-state index >= 15 is 0 Å². The number of hydrogen-bond acceptors (Lipinski definition) is 4. The van der Waals surface area contributed by atoms with Gasteiger partial charge in [-0.3, -0.25) is 14.0 Å². The van der Waals surface area contributed by atoms with E-state index in [4.69, 9.17) is 0 Å². The lowest BCUT2D eigenvalue weighted by molar-refractivity contribution is 0.102. The fraction of sp³-hybridized carbons (Fsp3) is 0.0769. The number of carbonyl (C=O) groups is 1. The number of rotatable bonds is 2. The second-order valence-corrected chi connectivity index (χ2v) is 4.35. The highest BCUT2D eigenvalue weighted by molar-refractivity contribution is 6.04. The van der Waals surface area contributed by atoms with Gasteiger partial charge in [0.1, 0.15) is 12.0 Å². The highest BCUT2D eigenvalue weighted by atomic mass is 16.2. The van der Waals surface area contributed by atoms with Gasteiger partial charge in [-0.25, -0.2) is 0 Å². The summed E-state index contributed by atoms with van der Waals surface area (Å²) in [7, 11) is 0. The normalized spacial score (nSPS) is 10.7. The monoisotopic (exact) mass is 269 g/mol. The third kappa shape index (κ3) is 2.16. The zero-order valence-corrected chi connectivity index (χ0v) is 10.6. The Morgan fingerprint density at radius 3 is 2.95 bits per heavy atom. The fourth-order valence-electron chi connectivity index (χ4n) is 1.83. The van der Waals surface area contributed by atoms with Crippen molar-refractivity contribution in [2.45, 2.75) is 6.92 Å². The number of aromatic amines is 1. The van der Waals surface area contributed by atoms with Crippen molar-refractivity contribution < 1.29 is 4.79 Å². The van der Waals surface area contributed by atoms with Crippen molar-refractivity contribution in [3.63, 3.8) is 0 Å². The third-order valence-electron chi connectivity index (χ3n) is 2.86. The summed E-state index contributed by atoms with van der Waals surface area (Å²) < 4.78 is 1.63. The van der Waals surface area contributed by atoms with Crippen LogP contribution in [0.15, 0.2) is 41.6 Å². The van der Waals surface area contributed by atoms with Gasteiger partial charge in [0.05, 0.1) is 5.56 Å². The molecule has 0 aliphatic rings. The quantitative estimate of drug-likeness (QED) is 0.725. The molecule has 2 N–H and O–H groups in total. The van der Waals surface area contributed by atoms with E-state index in [0.717, 1.165) is 5.69 Å². The van der Waals surface area contributed by atoms with Crippen molar-refractivity contribution in [1.82, 2.24) is 19.6 Å². The van der Waals surface area contributed by atoms with Crippen molar-refractivity contribution in [2.24, 2.45) is 0 Å². The Labute approximate surface area is 113 Å². The first-order chi connectivity index (χ1) is 9.63. The van der Waals surface area contributed by atoms with E-state index in [2.05, 4.69) is 20.5 Å². The SMILES string of the molecule is Cc1ccc(NC(=O)c2ccc3nncn3c2)c(=O)[nH]1. The van der Waals surface area contributed by atoms with Crippen molar-refractivity contribution >= 4 is 17.2 Å². The Morgan fingerprint density at radius 2 is 2.15 bits per heavy atom. The molecule has 7 heteroatoms. The molecular formula is C13H11N5O2. The average Bonchev–Trinajstić information content (AvgIpc) is 2.89. The van der Waals surface area contributed by atoms with E-state index in [9.17, 15) is 9.59 Å². The fourth-order valence-corrected chi connectivity index (χ4v) is 1.83. The summed E-state index contributed by atoms with van der Waals surface area (Å²) in [5, 5.41) is 10.2. The molecule has 0 aliphatic heterocycles. The minimum Gasteiger partial charge on any atom is -0.325 e. The average molecular weight is 269 g/mol. The Balaban J connectivity index is 1.90. The largest absolute Gasteiger partial charge is 0.325 e. The summed E-state index contributed by atoms with van der Waals surface area (Å²) in [5.41, 5.74) is 1.68. The zero-order chi connectivity index (χ0) is 14.1. The molecule has 20 heavy (non-hydrogen) atoms. The molecule has 100 valence electrons. The van der Waals surface area contributed by atoms with Crippen LogP contribution in [0.4, 0.5) is 5.69 Å². The van der Waals surface area contributed by atoms with Gasteiger partial charge in [-0.05, 0) is 31.2 Å². The lowest BCUT2D eigenvalue weighted by Gasteiger charge is -2.05. The molecule has 0 unspecified atom stereocenters. The van der Waals surface area contributed by atoms with Crippen LogP contribution < -0.4 is 10.9 Å². The number of pyridine rings is 2. The number of carbonyl (C=O) groups excluding carboxylic acids is 1. The maximum atomic E-state index is 12.1. The van der Waals surface area contributed by atoms with Crippen molar-refractivity contribution in [1.29, 1.82) is 0 Å². The van der Waals surface area contributed by atoms with E-state index in [1.54, 1.807) is 41.8 Å². The van der Waals surface area contributed by atoms with Gasteiger partial charge in [-0.1, -0.05) is 0 Å². The summed E-state index contributed by atoms with van der Waals surface area (Å²) >= 11 is 0. The van der Waals surface area contributed by atoms with E-state index in [-0.39, 0.29) is 17.2 Å². The lowest BCUT2D eigenvalue weighted by atomic mass is 10.2. The molecule has 0 bridgehead atoms. The standard InChI is InChI=1S/C13H11N5O2/c1-8-2-4-10(13(20)15-8)16-12(19)9-3-5-11-17-14-7-18(11)6-9/h2-7H,1H3,(H,15,20)(H,16,19). The molecular weight excluding hydrogens is 258 g/mol. The van der Waals surface area contributed by atoms with Crippen LogP contribution in [0, 0.1) is 6.92 Å². The van der Waals surface area contributed by atoms with Crippen molar-refractivity contribution in [2.75, 3.05) is 5.32 Å². The summed E-state index contributed by atoms with van der Waals surface area (Å²) in [6, 6.07) is 6.60. The predicted octanol–water partition coefficient (Wildman–Crippen LogP) is 0.978. The lowest BCUT2D eigenvalue weighted by Crippen LogP contribution is -2.20. The van der Waals surface area contributed by atoms with Gasteiger partial charge in [0.15, 0.2) is 5.65 Å². The smallest absolute Gasteiger partial charge is 0.271 e. The van der Waals surface area contributed by atoms with Crippen LogP contribution in [0.1, 0.15) is 16.1 Å². The molecule has 3 aromatic heterocycles. The molecule has 0 atom stereocenters. The van der Waals surface area contributed by atoms with Gasteiger partial charge in [0, 0.05) is 11.9 Å². The van der Waals surface area contributed by atoms with Gasteiger partial charge >= 0.3 is 0 Å². The first-order valence-electron chi connectivity index (χ1n) is 5.94. The predicted molar refractivity (Wildman–Crippen MR) is 72.7 cm³/mol. The number of nitrogens with one attached hydrogen (secondary N) is 2. The van der Waals surface area contributed by atoms with Crippen LogP contribution in [-0.4, -0.2) is 25.5 Å². The van der Waals surface area contributed by atoms with E-state index in [1.807, 2.05) is 0 Å². The van der Waals surface area contributed by atoms with Gasteiger partial charge < -0.3 is 10.3 Å². The van der Waals surface area contributed by atoms with E-state index in [0.29, 0.717) is 11.2 Å². The molecule has 0 aromatic carbocycles. The van der Waals surface area contributed by atoms with Crippen LogP contribution in [0.5, 0.6) is 0 Å². The van der Waals surface area contributed by atoms with Crippen LogP contribution in [0.3, 0.4) is 0 Å². The number of nitrogens with zero attached hydrogens (tertiary/aromatic N) is 3. The molecule has 0 aliphatic carbocycles. The van der Waals surface area contributed by atoms with Crippen molar-refractivity contribution in [3.05, 3.63) is 58.4 Å². The van der Waals surface area contributed by atoms with Crippen LogP contribution in [0.25, 0.3) is 5.65 Å². The minimum absolute atomic E-state index is 0.212. The topological polar surface area (TPSA) is 92.2 Å². The molecule has 0 saturated heterocycles. The highest BCUT2D eigenvalue weighted by Gasteiger charge is 2.09. The molecule has 7 nitrogen and oxygen atoms in total. The van der Waals surface area contributed by atoms with Crippen molar-refractivity contribution in [3.8, 4) is 0 Å². The number of anilines is 1. The van der Waals surface area contributed by atoms with Crippen LogP contribution in [-0.2, 0) is 0 Å². The number of hydrogen-bond donors (Lipinski definition) is 2. The second kappa shape index (κ2) is 4.61. The maximum Gasteiger partial charge on any atom is 0.271 e. The van der Waals surface area contributed by atoms with E-state index < -0.39 is 0 Å². The van der Waals surface area contributed by atoms with Crippen LogP contribution in [0.2, 0.25) is 0 Å². The molecule has 3 aromatic rings. The Morgan fingerprint density at radius 1 is 1.30 bits per heavy atom. The number of aryl methyl sites for hydroxylation is 1. The summed E-state index contributed by atoms with van der Waals surface area (Å²) in [6.07, 6.45) is 3.11.